The van der Waals surface area contributed by atoms with E-state index in [0.29, 0.717) is 6.42 Å². The summed E-state index contributed by atoms with van der Waals surface area (Å²) in [7, 11) is -3.45. The smallest absolute Gasteiger partial charge is 0.349 e. The number of ether oxygens (including phenoxy) is 1. The number of aromatic carboxylic acids is 1. The van der Waals surface area contributed by atoms with Gasteiger partial charge in [-0.3, -0.25) is 4.79 Å². The number of primary amides is 1. The highest BCUT2D eigenvalue weighted by molar-refractivity contribution is 7.91. The van der Waals surface area contributed by atoms with Crippen LogP contribution in [-0.4, -0.2) is 43.5 Å². The van der Waals surface area contributed by atoms with Crippen molar-refractivity contribution in [2.24, 2.45) is 5.73 Å². The molecule has 7 nitrogen and oxygen atoms in total. The summed E-state index contributed by atoms with van der Waals surface area (Å²) in [6, 6.07) is 1.60. The van der Waals surface area contributed by atoms with Gasteiger partial charge in [0.1, 0.15) is 12.4 Å². The Morgan fingerprint density at radius 2 is 2.05 bits per heavy atom. The predicted molar refractivity (Wildman–Crippen MR) is 78.6 cm³/mol. The molecule has 0 spiro atoms. The summed E-state index contributed by atoms with van der Waals surface area (Å²) in [6.07, 6.45) is 0.437. The van der Waals surface area contributed by atoms with Gasteiger partial charge in [-0.15, -0.1) is 11.3 Å². The molecule has 118 valence electrons. The number of amides is 1. The molecule has 0 saturated carbocycles. The molecule has 1 amide bonds. The van der Waals surface area contributed by atoms with Gasteiger partial charge < -0.3 is 15.6 Å². The Morgan fingerprint density at radius 1 is 1.38 bits per heavy atom. The minimum absolute atomic E-state index is 0.0568. The Morgan fingerprint density at radius 3 is 2.57 bits per heavy atom. The van der Waals surface area contributed by atoms with Crippen LogP contribution in [0.15, 0.2) is 6.07 Å². The van der Waals surface area contributed by atoms with Gasteiger partial charge in [-0.1, -0.05) is 6.92 Å². The maximum Gasteiger partial charge on any atom is 0.349 e. The minimum Gasteiger partial charge on any atom is -0.491 e. The molecule has 0 saturated heterocycles. The maximum atomic E-state index is 11.6. The number of carboxylic acid groups (broad SMARTS) is 1. The van der Waals surface area contributed by atoms with Gasteiger partial charge in [0.15, 0.2) is 14.7 Å². The zero-order valence-corrected chi connectivity index (χ0v) is 13.1. The van der Waals surface area contributed by atoms with E-state index in [1.807, 2.05) is 6.92 Å². The number of hydrogen-bond donors (Lipinski definition) is 2. The van der Waals surface area contributed by atoms with Crippen molar-refractivity contribution < 1.29 is 27.9 Å². The van der Waals surface area contributed by atoms with E-state index in [2.05, 4.69) is 0 Å². The predicted octanol–water partition coefficient (Wildman–Crippen LogP) is 0.678. The number of carbonyl (C=O) groups excluding carboxylic acids is 1. The summed E-state index contributed by atoms with van der Waals surface area (Å²) in [5, 5.41) is 9.04. The fourth-order valence-corrected chi connectivity index (χ4v) is 3.42. The van der Waals surface area contributed by atoms with Crippen LogP contribution < -0.4 is 10.5 Å². The molecule has 1 heterocycles. The van der Waals surface area contributed by atoms with Crippen molar-refractivity contribution in [3.05, 3.63) is 15.8 Å². The summed E-state index contributed by atoms with van der Waals surface area (Å²) >= 11 is 1.10. The van der Waals surface area contributed by atoms with E-state index in [0.717, 1.165) is 16.2 Å². The Labute approximate surface area is 126 Å². The first-order chi connectivity index (χ1) is 9.75. The van der Waals surface area contributed by atoms with Crippen molar-refractivity contribution in [2.45, 2.75) is 19.8 Å². The molecule has 0 aliphatic carbocycles. The van der Waals surface area contributed by atoms with Gasteiger partial charge >= 0.3 is 5.97 Å². The second kappa shape index (κ2) is 7.41. The van der Waals surface area contributed by atoms with Crippen LogP contribution >= 0.6 is 11.3 Å². The van der Waals surface area contributed by atoms with Gasteiger partial charge in [-0.05, 0) is 12.5 Å². The summed E-state index contributed by atoms with van der Waals surface area (Å²) in [4.78, 5) is 22.5. The lowest BCUT2D eigenvalue weighted by molar-refractivity contribution is -0.117. The van der Waals surface area contributed by atoms with E-state index < -0.39 is 21.7 Å². The second-order valence-corrected chi connectivity index (χ2v) is 7.72. The number of aryl methyl sites for hydroxylation is 1. The van der Waals surface area contributed by atoms with Crippen LogP contribution in [0.1, 0.15) is 27.9 Å². The number of hydrogen-bond acceptors (Lipinski definition) is 6. The lowest BCUT2D eigenvalue weighted by atomic mass is 10.3. The topological polar surface area (TPSA) is 124 Å². The number of carboxylic acids is 1. The number of sulfone groups is 1. The molecule has 0 fully saturated rings. The quantitative estimate of drug-likeness (QED) is 0.684. The van der Waals surface area contributed by atoms with Gasteiger partial charge in [-0.2, -0.15) is 0 Å². The molecule has 0 aliphatic heterocycles. The fraction of sp³-hybridized carbons (Fsp3) is 0.500. The number of nitrogens with two attached hydrogens (primary N) is 1. The molecule has 0 aromatic carbocycles. The summed E-state index contributed by atoms with van der Waals surface area (Å²) in [5.74, 6) is -2.24. The van der Waals surface area contributed by atoms with E-state index in [1.165, 1.54) is 0 Å². The molecule has 1 rings (SSSR count). The SMILES string of the molecule is CCc1cc(OCCS(=O)(=O)CCC(N)=O)c(C(=O)O)s1. The zero-order chi connectivity index (χ0) is 16.0. The first-order valence-electron chi connectivity index (χ1n) is 6.22. The highest BCUT2D eigenvalue weighted by atomic mass is 32.2. The van der Waals surface area contributed by atoms with Crippen LogP contribution in [0.5, 0.6) is 5.75 Å². The monoisotopic (exact) mass is 335 g/mol. The third-order valence-corrected chi connectivity index (χ3v) is 5.47. The molecule has 0 bridgehead atoms. The lowest BCUT2D eigenvalue weighted by Crippen LogP contribution is -2.21. The average molecular weight is 335 g/mol. The van der Waals surface area contributed by atoms with E-state index in [1.54, 1.807) is 6.07 Å². The summed E-state index contributed by atoms with van der Waals surface area (Å²) in [5.41, 5.74) is 4.89. The van der Waals surface area contributed by atoms with E-state index >= 15 is 0 Å². The standard InChI is InChI=1S/C12H17NO6S2/c1-2-8-7-9(11(20-8)12(15)16)19-4-6-21(17,18)5-3-10(13)14/h7H,2-6H2,1H3,(H2,13,14)(H,15,16). The molecule has 0 unspecified atom stereocenters. The molecule has 21 heavy (non-hydrogen) atoms. The van der Waals surface area contributed by atoms with Crippen LogP contribution in [0.25, 0.3) is 0 Å². The van der Waals surface area contributed by atoms with Crippen LogP contribution in [0.2, 0.25) is 0 Å². The largest absolute Gasteiger partial charge is 0.491 e. The first kappa shape index (κ1) is 17.4. The highest BCUT2D eigenvalue weighted by Gasteiger charge is 2.18. The maximum absolute atomic E-state index is 11.6. The zero-order valence-electron chi connectivity index (χ0n) is 11.5. The van der Waals surface area contributed by atoms with Gasteiger partial charge in [0.05, 0.1) is 11.5 Å². The van der Waals surface area contributed by atoms with Crippen molar-refractivity contribution in [3.8, 4) is 5.75 Å². The third kappa shape index (κ3) is 5.72. The molecule has 1 aromatic rings. The molecule has 1 aromatic heterocycles. The molecular formula is C12H17NO6S2. The fourth-order valence-electron chi connectivity index (χ4n) is 1.49. The van der Waals surface area contributed by atoms with Crippen LogP contribution in [0, 0.1) is 0 Å². The normalized spacial score (nSPS) is 11.3. The van der Waals surface area contributed by atoms with E-state index in [4.69, 9.17) is 15.6 Å². The van der Waals surface area contributed by atoms with Crippen LogP contribution in [0.3, 0.4) is 0 Å². The number of carbonyl (C=O) groups is 2. The first-order valence-corrected chi connectivity index (χ1v) is 8.86. The molecule has 0 aliphatic rings. The van der Waals surface area contributed by atoms with E-state index in [-0.39, 0.29) is 35.2 Å². The van der Waals surface area contributed by atoms with Gasteiger partial charge in [0, 0.05) is 11.3 Å². The van der Waals surface area contributed by atoms with Crippen LogP contribution in [-0.2, 0) is 21.1 Å². The van der Waals surface area contributed by atoms with Crippen molar-refractivity contribution in [1.29, 1.82) is 0 Å². The molecule has 0 radical (unpaired) electrons. The lowest BCUT2D eigenvalue weighted by Gasteiger charge is -2.06. The van der Waals surface area contributed by atoms with Crippen molar-refractivity contribution in [3.63, 3.8) is 0 Å². The Bertz CT molecular complexity index is 620. The van der Waals surface area contributed by atoms with Crippen molar-refractivity contribution in [2.75, 3.05) is 18.1 Å². The Kier molecular flexibility index (Phi) is 6.16. The highest BCUT2D eigenvalue weighted by Crippen LogP contribution is 2.29. The Hall–Kier alpha value is -1.61. The van der Waals surface area contributed by atoms with Gasteiger partial charge in [-0.25, -0.2) is 13.2 Å². The average Bonchev–Trinajstić information content (AvgIpc) is 2.80. The molecule has 9 heteroatoms. The van der Waals surface area contributed by atoms with Gasteiger partial charge in [0.25, 0.3) is 0 Å². The van der Waals surface area contributed by atoms with Crippen LogP contribution in [0.4, 0.5) is 0 Å². The number of thiophene rings is 1. The van der Waals surface area contributed by atoms with Crippen molar-refractivity contribution >= 4 is 33.1 Å². The Balaban J connectivity index is 2.61. The van der Waals surface area contributed by atoms with Crippen molar-refractivity contribution in [1.82, 2.24) is 0 Å². The number of rotatable bonds is 9. The van der Waals surface area contributed by atoms with Gasteiger partial charge in [0.2, 0.25) is 5.91 Å². The third-order valence-electron chi connectivity index (χ3n) is 2.60. The summed E-state index contributed by atoms with van der Waals surface area (Å²) < 4.78 is 28.5. The molecule has 3 N–H and O–H groups in total. The molecule has 0 atom stereocenters. The van der Waals surface area contributed by atoms with E-state index in [9.17, 15) is 18.0 Å². The molecular weight excluding hydrogens is 318 g/mol. The minimum atomic E-state index is -3.45. The summed E-state index contributed by atoms with van der Waals surface area (Å²) in [6.45, 7) is 1.72. The second-order valence-electron chi connectivity index (χ2n) is 4.28.